The van der Waals surface area contributed by atoms with Gasteiger partial charge in [0.05, 0.1) is 17.1 Å². The van der Waals surface area contributed by atoms with Crippen molar-refractivity contribution in [2.75, 3.05) is 31.1 Å². The maximum absolute atomic E-state index is 11.6. The van der Waals surface area contributed by atoms with E-state index in [4.69, 9.17) is 0 Å². The summed E-state index contributed by atoms with van der Waals surface area (Å²) in [6.45, 7) is 9.57. The van der Waals surface area contributed by atoms with Gasteiger partial charge in [-0.2, -0.15) is 0 Å². The van der Waals surface area contributed by atoms with Gasteiger partial charge in [-0.05, 0) is 87.4 Å². The van der Waals surface area contributed by atoms with Crippen molar-refractivity contribution in [3.8, 4) is 0 Å². The maximum atomic E-state index is 11.6. The van der Waals surface area contributed by atoms with Gasteiger partial charge in [-0.15, -0.1) is 0 Å². The number of nitrogens with zero attached hydrogens (tertiary/aromatic N) is 1. The summed E-state index contributed by atoms with van der Waals surface area (Å²) in [6.07, 6.45) is 6.07. The van der Waals surface area contributed by atoms with E-state index in [2.05, 4.69) is 36.9 Å². The Morgan fingerprint density at radius 1 is 1.21 bits per heavy atom. The van der Waals surface area contributed by atoms with Crippen LogP contribution >= 0.6 is 0 Å². The summed E-state index contributed by atoms with van der Waals surface area (Å²) in [5.74, 6) is 1.96. The van der Waals surface area contributed by atoms with Crippen molar-refractivity contribution >= 4 is 9.84 Å². The van der Waals surface area contributed by atoms with E-state index in [0.29, 0.717) is 23.3 Å². The van der Waals surface area contributed by atoms with E-state index in [0.717, 1.165) is 58.2 Å². The van der Waals surface area contributed by atoms with Crippen molar-refractivity contribution in [1.82, 2.24) is 4.90 Å². The molecule has 162 valence electrons. The molecule has 3 aliphatic rings. The molecule has 2 heterocycles. The number of aliphatic hydroxyl groups is 1. The molecular weight excluding hydrogens is 382 g/mol. The molecule has 0 unspecified atom stereocenters. The molecule has 1 saturated carbocycles. The first-order chi connectivity index (χ1) is 13.5. The number of likely N-dealkylation sites (tertiary alicyclic amines) is 1. The SMILES string of the molecule is Cc1cc(C[C@H](C)CN2CCC3(C2)CS(=O)(=O)C3)ccc1C1CCC(C)(O)CC1. The molecule has 0 amide bonds. The number of sulfone groups is 1. The number of rotatable bonds is 5. The Hall–Kier alpha value is -0.910. The average molecular weight is 420 g/mol. The third kappa shape index (κ3) is 4.88. The highest BCUT2D eigenvalue weighted by molar-refractivity contribution is 7.92. The molecule has 1 atom stereocenters. The first-order valence-corrected chi connectivity index (χ1v) is 13.1. The van der Waals surface area contributed by atoms with Crippen LogP contribution in [0.5, 0.6) is 0 Å². The maximum Gasteiger partial charge on any atom is 0.151 e. The van der Waals surface area contributed by atoms with E-state index in [-0.39, 0.29) is 5.41 Å². The van der Waals surface area contributed by atoms with Crippen LogP contribution in [0.25, 0.3) is 0 Å². The fourth-order valence-corrected chi connectivity index (χ4v) is 8.34. The highest BCUT2D eigenvalue weighted by Gasteiger charge is 2.51. The summed E-state index contributed by atoms with van der Waals surface area (Å²) in [5.41, 5.74) is 3.85. The smallest absolute Gasteiger partial charge is 0.151 e. The van der Waals surface area contributed by atoms with Gasteiger partial charge < -0.3 is 10.0 Å². The van der Waals surface area contributed by atoms with Crippen LogP contribution in [0.2, 0.25) is 0 Å². The van der Waals surface area contributed by atoms with Crippen LogP contribution in [0.1, 0.15) is 68.6 Å². The number of benzene rings is 1. The summed E-state index contributed by atoms with van der Waals surface area (Å²) >= 11 is 0. The van der Waals surface area contributed by atoms with E-state index in [1.54, 1.807) is 0 Å². The van der Waals surface area contributed by atoms with Gasteiger partial charge in [0.15, 0.2) is 9.84 Å². The zero-order valence-corrected chi connectivity index (χ0v) is 19.1. The summed E-state index contributed by atoms with van der Waals surface area (Å²) < 4.78 is 23.2. The minimum absolute atomic E-state index is 0.0709. The first kappa shape index (κ1) is 21.3. The number of aryl methyl sites for hydroxylation is 1. The molecule has 0 radical (unpaired) electrons. The average Bonchev–Trinajstić information content (AvgIpc) is 2.97. The predicted octanol–water partition coefficient (Wildman–Crippen LogP) is 3.70. The molecule has 5 heteroatoms. The Balaban J connectivity index is 1.30. The predicted molar refractivity (Wildman–Crippen MR) is 118 cm³/mol. The van der Waals surface area contributed by atoms with Crippen LogP contribution < -0.4 is 0 Å². The summed E-state index contributed by atoms with van der Waals surface area (Å²) in [4.78, 5) is 2.48. The van der Waals surface area contributed by atoms with Crippen molar-refractivity contribution < 1.29 is 13.5 Å². The Labute approximate surface area is 176 Å². The second-order valence-corrected chi connectivity index (χ2v) is 12.9. The first-order valence-electron chi connectivity index (χ1n) is 11.3. The van der Waals surface area contributed by atoms with Crippen molar-refractivity contribution in [3.05, 3.63) is 34.9 Å². The van der Waals surface area contributed by atoms with Gasteiger partial charge in [0.1, 0.15) is 0 Å². The lowest BCUT2D eigenvalue weighted by Gasteiger charge is -2.37. The zero-order valence-electron chi connectivity index (χ0n) is 18.3. The molecule has 29 heavy (non-hydrogen) atoms. The highest BCUT2D eigenvalue weighted by atomic mass is 32.2. The molecule has 2 aliphatic heterocycles. The molecule has 3 fully saturated rings. The van der Waals surface area contributed by atoms with Crippen LogP contribution in [0.4, 0.5) is 0 Å². The highest BCUT2D eigenvalue weighted by Crippen LogP contribution is 2.42. The second kappa shape index (κ2) is 7.65. The van der Waals surface area contributed by atoms with Gasteiger partial charge >= 0.3 is 0 Å². The third-order valence-corrected chi connectivity index (χ3v) is 9.66. The summed E-state index contributed by atoms with van der Waals surface area (Å²) in [6, 6.07) is 6.99. The lowest BCUT2D eigenvalue weighted by Crippen LogP contribution is -2.50. The fourth-order valence-electron chi connectivity index (χ4n) is 6.09. The van der Waals surface area contributed by atoms with Crippen LogP contribution in [-0.2, 0) is 16.3 Å². The molecule has 4 nitrogen and oxygen atoms in total. The van der Waals surface area contributed by atoms with Crippen LogP contribution in [0, 0.1) is 18.3 Å². The quantitative estimate of drug-likeness (QED) is 0.791. The molecule has 1 aliphatic carbocycles. The molecular formula is C24H37NO3S. The van der Waals surface area contributed by atoms with Gasteiger partial charge in [-0.3, -0.25) is 0 Å². The molecule has 0 bridgehead atoms. The summed E-state index contributed by atoms with van der Waals surface area (Å²) in [5, 5.41) is 10.2. The van der Waals surface area contributed by atoms with Crippen LogP contribution in [-0.4, -0.2) is 55.2 Å². The molecule has 2 saturated heterocycles. The Morgan fingerprint density at radius 3 is 2.52 bits per heavy atom. The minimum Gasteiger partial charge on any atom is -0.390 e. The van der Waals surface area contributed by atoms with Crippen molar-refractivity contribution in [2.45, 2.75) is 70.8 Å². The second-order valence-electron chi connectivity index (χ2n) is 10.8. The monoisotopic (exact) mass is 419 g/mol. The molecule has 1 N–H and O–H groups in total. The van der Waals surface area contributed by atoms with E-state index < -0.39 is 15.4 Å². The number of hydrogen-bond acceptors (Lipinski definition) is 4. The third-order valence-electron chi connectivity index (χ3n) is 7.56. The fraction of sp³-hybridized carbons (Fsp3) is 0.750. The normalized spacial score (nSPS) is 32.2. The zero-order chi connectivity index (χ0) is 20.9. The van der Waals surface area contributed by atoms with Gasteiger partial charge in [0.2, 0.25) is 0 Å². The van der Waals surface area contributed by atoms with E-state index in [1.807, 2.05) is 6.92 Å². The molecule has 0 aromatic heterocycles. The number of hydrogen-bond donors (Lipinski definition) is 1. The lowest BCUT2D eigenvalue weighted by molar-refractivity contribution is 0.0171. The van der Waals surface area contributed by atoms with Gasteiger partial charge in [0.25, 0.3) is 0 Å². The Bertz CT molecular complexity index is 839. The molecule has 4 rings (SSSR count). The van der Waals surface area contributed by atoms with Gasteiger partial charge in [-0.25, -0.2) is 8.42 Å². The van der Waals surface area contributed by atoms with Gasteiger partial charge in [-0.1, -0.05) is 25.1 Å². The largest absolute Gasteiger partial charge is 0.390 e. The Morgan fingerprint density at radius 2 is 1.90 bits per heavy atom. The van der Waals surface area contributed by atoms with Crippen LogP contribution in [0.15, 0.2) is 18.2 Å². The van der Waals surface area contributed by atoms with E-state index >= 15 is 0 Å². The minimum atomic E-state index is -2.74. The Kier molecular flexibility index (Phi) is 5.63. The molecule has 1 aromatic carbocycles. The van der Waals surface area contributed by atoms with E-state index in [9.17, 15) is 13.5 Å². The van der Waals surface area contributed by atoms with Gasteiger partial charge in [0, 0.05) is 18.5 Å². The van der Waals surface area contributed by atoms with Crippen molar-refractivity contribution in [3.63, 3.8) is 0 Å². The van der Waals surface area contributed by atoms with Crippen molar-refractivity contribution in [1.29, 1.82) is 0 Å². The lowest BCUT2D eigenvalue weighted by atomic mass is 9.76. The standard InChI is InChI=1S/C24H37NO3S/c1-18(14-25-11-10-24(15-25)16-29(27,28)17-24)12-20-4-5-22(19(2)13-20)21-6-8-23(3,26)9-7-21/h4-5,13,18,21,26H,6-12,14-17H2,1-3H3/t18-,21?,23?/m0/s1. The van der Waals surface area contributed by atoms with Crippen LogP contribution in [0.3, 0.4) is 0 Å². The molecule has 1 aromatic rings. The van der Waals surface area contributed by atoms with Crippen molar-refractivity contribution in [2.24, 2.45) is 11.3 Å². The summed E-state index contributed by atoms with van der Waals surface area (Å²) in [7, 11) is -2.74. The van der Waals surface area contributed by atoms with E-state index in [1.165, 1.54) is 16.7 Å². The molecule has 1 spiro atoms. The topological polar surface area (TPSA) is 57.6 Å².